The Morgan fingerprint density at radius 2 is 1.92 bits per heavy atom. The van der Waals surface area contributed by atoms with Gasteiger partial charge >= 0.3 is 5.97 Å². The van der Waals surface area contributed by atoms with E-state index in [4.69, 9.17) is 19.0 Å². The number of fused-ring (bicyclic) bond motifs is 3. The molecule has 2 aliphatic rings. The van der Waals surface area contributed by atoms with Crippen molar-refractivity contribution in [2.24, 2.45) is 10.6 Å². The van der Waals surface area contributed by atoms with Crippen LogP contribution in [0.25, 0.3) is 0 Å². The predicted molar refractivity (Wildman–Crippen MR) is 89.7 cm³/mol. The Kier molecular flexibility index (Phi) is 3.60. The summed E-state index contributed by atoms with van der Waals surface area (Å²) in [7, 11) is 2.93. The van der Waals surface area contributed by atoms with Crippen molar-refractivity contribution in [1.29, 1.82) is 0 Å². The van der Waals surface area contributed by atoms with Gasteiger partial charge in [0, 0.05) is 11.1 Å². The number of esters is 1. The number of para-hydroxylation sites is 2. The van der Waals surface area contributed by atoms with Crippen molar-refractivity contribution in [3.63, 3.8) is 0 Å². The molecule has 0 spiro atoms. The Labute approximate surface area is 144 Å². The lowest BCUT2D eigenvalue weighted by Gasteiger charge is -2.35. The third kappa shape index (κ3) is 2.10. The molecule has 0 amide bonds. The van der Waals surface area contributed by atoms with Gasteiger partial charge in [-0.15, -0.1) is 0 Å². The minimum absolute atomic E-state index is 0.0816. The van der Waals surface area contributed by atoms with Gasteiger partial charge in [0.25, 0.3) is 0 Å². The molecule has 0 bridgehead atoms. The molecule has 2 atom stereocenters. The molecule has 2 heterocycles. The van der Waals surface area contributed by atoms with E-state index in [9.17, 15) is 4.79 Å². The number of hydrogen-bond donors (Lipinski definition) is 0. The second-order valence-electron chi connectivity index (χ2n) is 5.92. The number of nitrogens with zero attached hydrogens (tertiary/aromatic N) is 1. The topological polar surface area (TPSA) is 66.4 Å². The van der Waals surface area contributed by atoms with E-state index in [0.29, 0.717) is 17.2 Å². The first kappa shape index (κ1) is 15.5. The maximum Gasteiger partial charge on any atom is 0.325 e. The van der Waals surface area contributed by atoms with E-state index in [2.05, 4.69) is 5.16 Å². The molecule has 6 heteroatoms. The fraction of sp³-hybridized carbons (Fsp3) is 0.263. The Hall–Kier alpha value is -3.02. The summed E-state index contributed by atoms with van der Waals surface area (Å²) in [6.07, 6.45) is -0.695. The summed E-state index contributed by atoms with van der Waals surface area (Å²) in [5.74, 6) is 0.838. The van der Waals surface area contributed by atoms with Gasteiger partial charge in [0.15, 0.2) is 11.5 Å². The Bertz CT molecular complexity index is 862. The van der Waals surface area contributed by atoms with E-state index >= 15 is 0 Å². The number of hydrogen-bond acceptors (Lipinski definition) is 6. The second-order valence-corrected chi connectivity index (χ2v) is 5.92. The number of benzene rings is 2. The minimum Gasteiger partial charge on any atom is -0.496 e. The number of rotatable bonds is 3. The molecule has 4 rings (SSSR count). The average molecular weight is 339 g/mol. The van der Waals surface area contributed by atoms with Crippen LogP contribution in [0.4, 0.5) is 0 Å². The van der Waals surface area contributed by atoms with E-state index in [1.54, 1.807) is 7.11 Å². The highest BCUT2D eigenvalue weighted by atomic mass is 16.7. The van der Waals surface area contributed by atoms with Crippen molar-refractivity contribution in [2.75, 3.05) is 20.8 Å². The zero-order valence-electron chi connectivity index (χ0n) is 13.9. The van der Waals surface area contributed by atoms with Gasteiger partial charge in [-0.25, -0.2) is 0 Å². The van der Waals surface area contributed by atoms with Crippen molar-refractivity contribution < 1.29 is 23.8 Å². The van der Waals surface area contributed by atoms with Gasteiger partial charge in [0.1, 0.15) is 23.8 Å². The Balaban J connectivity index is 1.89. The fourth-order valence-electron chi connectivity index (χ4n) is 3.46. The molecular formula is C19H17NO5. The van der Waals surface area contributed by atoms with Crippen LogP contribution in [-0.4, -0.2) is 32.5 Å². The van der Waals surface area contributed by atoms with Crippen LogP contribution >= 0.6 is 0 Å². The van der Waals surface area contributed by atoms with Crippen molar-refractivity contribution in [3.8, 4) is 11.5 Å². The Morgan fingerprint density at radius 3 is 2.72 bits per heavy atom. The molecule has 0 fully saturated rings. The molecule has 25 heavy (non-hydrogen) atoms. The first-order valence-corrected chi connectivity index (χ1v) is 7.90. The molecule has 0 radical (unpaired) electrons. The van der Waals surface area contributed by atoms with E-state index < -0.39 is 17.5 Å². The molecule has 2 aliphatic heterocycles. The van der Waals surface area contributed by atoms with Crippen LogP contribution in [0.5, 0.6) is 11.5 Å². The smallest absolute Gasteiger partial charge is 0.325 e. The van der Waals surface area contributed by atoms with E-state index in [1.165, 1.54) is 7.11 Å². The SMILES string of the molecule is COC(=O)[C@@]12COc3ccccc3C1=NO[C@@H]2c1ccccc1OC. The monoisotopic (exact) mass is 339 g/mol. The summed E-state index contributed by atoms with van der Waals surface area (Å²) in [5, 5.41) is 4.25. The van der Waals surface area contributed by atoms with Crippen LogP contribution in [-0.2, 0) is 14.4 Å². The van der Waals surface area contributed by atoms with Gasteiger partial charge in [-0.3, -0.25) is 4.79 Å². The summed E-state index contributed by atoms with van der Waals surface area (Å²) in [5.41, 5.74) is 0.795. The zero-order valence-corrected chi connectivity index (χ0v) is 13.9. The summed E-state index contributed by atoms with van der Waals surface area (Å²) >= 11 is 0. The van der Waals surface area contributed by atoms with E-state index in [-0.39, 0.29) is 6.61 Å². The van der Waals surface area contributed by atoms with Crippen molar-refractivity contribution in [2.45, 2.75) is 6.10 Å². The standard InChI is InChI=1S/C19H17NO5/c1-22-14-9-5-4-8-13(14)17-19(18(21)23-2)11-24-15-10-6-3-7-12(15)16(19)20-25-17/h3-10,17H,11H2,1-2H3/t17-,19+/m1/s1. The summed E-state index contributed by atoms with van der Waals surface area (Å²) < 4.78 is 16.4. The summed E-state index contributed by atoms with van der Waals surface area (Å²) in [6.45, 7) is 0.0816. The third-order valence-electron chi connectivity index (χ3n) is 4.69. The van der Waals surface area contributed by atoms with Crippen LogP contribution in [0.15, 0.2) is 53.7 Å². The molecule has 0 aliphatic carbocycles. The third-order valence-corrected chi connectivity index (χ3v) is 4.69. The molecule has 0 saturated carbocycles. The molecule has 0 saturated heterocycles. The number of carbonyl (C=O) groups is 1. The highest BCUT2D eigenvalue weighted by Crippen LogP contribution is 2.51. The van der Waals surface area contributed by atoms with Crippen LogP contribution < -0.4 is 9.47 Å². The van der Waals surface area contributed by atoms with E-state index in [0.717, 1.165) is 11.1 Å². The van der Waals surface area contributed by atoms with Gasteiger partial charge < -0.3 is 19.0 Å². The van der Waals surface area contributed by atoms with Gasteiger partial charge in [-0.2, -0.15) is 0 Å². The first-order chi connectivity index (χ1) is 12.2. The van der Waals surface area contributed by atoms with Gasteiger partial charge in [-0.1, -0.05) is 35.5 Å². The Morgan fingerprint density at radius 1 is 1.16 bits per heavy atom. The lowest BCUT2D eigenvalue weighted by atomic mass is 9.72. The van der Waals surface area contributed by atoms with Gasteiger partial charge in [0.05, 0.1) is 14.2 Å². The zero-order chi connectivity index (χ0) is 17.4. The lowest BCUT2D eigenvalue weighted by Crippen LogP contribution is -2.50. The molecule has 6 nitrogen and oxygen atoms in total. The van der Waals surface area contributed by atoms with Crippen molar-refractivity contribution in [3.05, 3.63) is 59.7 Å². The molecule has 2 aromatic rings. The minimum atomic E-state index is -1.18. The first-order valence-electron chi connectivity index (χ1n) is 7.90. The lowest BCUT2D eigenvalue weighted by molar-refractivity contribution is -0.156. The van der Waals surface area contributed by atoms with Crippen LogP contribution in [0.2, 0.25) is 0 Å². The molecule has 0 unspecified atom stereocenters. The second kappa shape index (κ2) is 5.81. The maximum atomic E-state index is 12.9. The van der Waals surface area contributed by atoms with Gasteiger partial charge in [0.2, 0.25) is 0 Å². The molecule has 0 aromatic heterocycles. The molecule has 2 aromatic carbocycles. The van der Waals surface area contributed by atoms with Gasteiger partial charge in [-0.05, 0) is 18.2 Å². The van der Waals surface area contributed by atoms with E-state index in [1.807, 2.05) is 48.5 Å². The number of methoxy groups -OCH3 is 2. The van der Waals surface area contributed by atoms with Crippen LogP contribution in [0, 0.1) is 5.41 Å². The largest absolute Gasteiger partial charge is 0.496 e. The maximum absolute atomic E-state index is 12.9. The highest BCUT2D eigenvalue weighted by Gasteiger charge is 2.61. The summed E-state index contributed by atoms with van der Waals surface area (Å²) in [4.78, 5) is 18.6. The summed E-state index contributed by atoms with van der Waals surface area (Å²) in [6, 6.07) is 14.8. The number of oxime groups is 1. The normalized spacial score (nSPS) is 23.4. The number of carbonyl (C=O) groups excluding carboxylic acids is 1. The molecule has 128 valence electrons. The predicted octanol–water partition coefficient (Wildman–Crippen LogP) is 2.72. The van der Waals surface area contributed by atoms with Crippen molar-refractivity contribution >= 4 is 11.7 Å². The van der Waals surface area contributed by atoms with Crippen LogP contribution in [0.1, 0.15) is 17.2 Å². The highest BCUT2D eigenvalue weighted by molar-refractivity contribution is 6.18. The van der Waals surface area contributed by atoms with Crippen molar-refractivity contribution in [1.82, 2.24) is 0 Å². The molecular weight excluding hydrogens is 322 g/mol. The quantitative estimate of drug-likeness (QED) is 0.805. The fourth-order valence-corrected chi connectivity index (χ4v) is 3.46. The molecule has 0 N–H and O–H groups in total. The van der Waals surface area contributed by atoms with Crippen LogP contribution in [0.3, 0.4) is 0 Å². The average Bonchev–Trinajstić information content (AvgIpc) is 3.08. The number of ether oxygens (including phenoxy) is 3.